The molecule has 132 valence electrons. The van der Waals surface area contributed by atoms with Crippen LogP contribution in [0.2, 0.25) is 0 Å². The van der Waals surface area contributed by atoms with Crippen LogP contribution in [-0.2, 0) is 23.8 Å². The van der Waals surface area contributed by atoms with Crippen LogP contribution >= 0.6 is 0 Å². The van der Waals surface area contributed by atoms with E-state index in [1.165, 1.54) is 13.0 Å². The molecule has 0 aromatic rings. The molecule has 0 saturated heterocycles. The summed E-state index contributed by atoms with van der Waals surface area (Å²) >= 11 is 0. The van der Waals surface area contributed by atoms with Crippen LogP contribution in [0, 0.1) is 0 Å². The summed E-state index contributed by atoms with van der Waals surface area (Å²) < 4.78 is 15.6. The van der Waals surface area contributed by atoms with Crippen molar-refractivity contribution in [3.8, 4) is 0 Å². The fourth-order valence-corrected chi connectivity index (χ4v) is 1.42. The molecule has 1 unspecified atom stereocenters. The van der Waals surface area contributed by atoms with Crippen LogP contribution in [0.5, 0.6) is 0 Å². The zero-order chi connectivity index (χ0) is 17.7. The number of aliphatic hydroxyl groups excluding tert-OH is 1. The molecule has 0 aliphatic rings. The fourth-order valence-electron chi connectivity index (χ4n) is 1.42. The first-order valence-electron chi connectivity index (χ1n) is 7.47. The Hall–Kier alpha value is -1.70. The van der Waals surface area contributed by atoms with E-state index in [-0.39, 0.29) is 37.4 Å². The van der Waals surface area contributed by atoms with Crippen molar-refractivity contribution in [1.29, 1.82) is 0 Å². The maximum Gasteiger partial charge on any atom is 0.334 e. The van der Waals surface area contributed by atoms with Gasteiger partial charge in [0.2, 0.25) is 0 Å². The number of aliphatic hydroxyl groups is 1. The van der Waals surface area contributed by atoms with Crippen molar-refractivity contribution in [3.05, 3.63) is 23.8 Å². The molecule has 0 aliphatic heterocycles. The van der Waals surface area contributed by atoms with E-state index < -0.39 is 18.0 Å². The van der Waals surface area contributed by atoms with E-state index in [2.05, 4.69) is 6.58 Å². The topological polar surface area (TPSA) is 102 Å². The Morgan fingerprint density at radius 3 is 2.43 bits per heavy atom. The van der Waals surface area contributed by atoms with Gasteiger partial charge in [0.1, 0.15) is 6.10 Å². The molecule has 7 heteroatoms. The first-order chi connectivity index (χ1) is 10.9. The lowest BCUT2D eigenvalue weighted by Crippen LogP contribution is -2.24. The minimum Gasteiger partial charge on any atom is -0.478 e. The first kappa shape index (κ1) is 21.3. The molecule has 0 saturated carbocycles. The summed E-state index contributed by atoms with van der Waals surface area (Å²) in [5, 5.41) is 17.3. The van der Waals surface area contributed by atoms with Crippen LogP contribution in [0.3, 0.4) is 0 Å². The highest BCUT2D eigenvalue weighted by molar-refractivity contribution is 5.89. The second kappa shape index (κ2) is 12.8. The summed E-state index contributed by atoms with van der Waals surface area (Å²) in [6.07, 6.45) is 1.73. The SMILES string of the molecule is C=C(CC=C(C)C(=O)O)C(=O)OC(CC)COCCOCCO. The Bertz CT molecular complexity index is 415. The summed E-state index contributed by atoms with van der Waals surface area (Å²) in [7, 11) is 0. The van der Waals surface area contributed by atoms with Gasteiger partial charge in [0.05, 0.1) is 33.0 Å². The van der Waals surface area contributed by atoms with Crippen molar-refractivity contribution < 1.29 is 34.0 Å². The highest BCUT2D eigenvalue weighted by Gasteiger charge is 2.15. The Balaban J connectivity index is 4.10. The average Bonchev–Trinajstić information content (AvgIpc) is 2.53. The van der Waals surface area contributed by atoms with E-state index in [0.717, 1.165) is 0 Å². The molecule has 0 rings (SSSR count). The summed E-state index contributed by atoms with van der Waals surface area (Å²) in [4.78, 5) is 22.5. The van der Waals surface area contributed by atoms with Gasteiger partial charge in [0, 0.05) is 11.1 Å². The van der Waals surface area contributed by atoms with Crippen LogP contribution in [-0.4, -0.2) is 61.3 Å². The van der Waals surface area contributed by atoms with E-state index in [1.807, 2.05) is 6.92 Å². The van der Waals surface area contributed by atoms with E-state index in [0.29, 0.717) is 19.6 Å². The first-order valence-corrected chi connectivity index (χ1v) is 7.47. The molecule has 0 amide bonds. The molecular formula is C16H26O7. The van der Waals surface area contributed by atoms with E-state index >= 15 is 0 Å². The van der Waals surface area contributed by atoms with E-state index in [1.54, 1.807) is 0 Å². The Morgan fingerprint density at radius 1 is 1.22 bits per heavy atom. The second-order valence-electron chi connectivity index (χ2n) is 4.85. The lowest BCUT2D eigenvalue weighted by atomic mass is 10.1. The quantitative estimate of drug-likeness (QED) is 0.298. The number of esters is 1. The van der Waals surface area contributed by atoms with Crippen molar-refractivity contribution in [2.45, 2.75) is 32.8 Å². The van der Waals surface area contributed by atoms with Gasteiger partial charge >= 0.3 is 11.9 Å². The molecule has 0 spiro atoms. The van der Waals surface area contributed by atoms with Gasteiger partial charge in [-0.2, -0.15) is 0 Å². The molecule has 0 bridgehead atoms. The largest absolute Gasteiger partial charge is 0.478 e. The number of hydrogen-bond acceptors (Lipinski definition) is 6. The standard InChI is InChI=1S/C16H26O7/c1-4-14(11-22-10-9-21-8-7-17)23-16(20)13(3)6-5-12(2)15(18)19/h5,14,17H,3-4,6-11H2,1-2H3,(H,18,19). The van der Waals surface area contributed by atoms with Crippen LogP contribution in [0.25, 0.3) is 0 Å². The molecule has 0 aromatic heterocycles. The third-order valence-electron chi connectivity index (χ3n) is 2.92. The summed E-state index contributed by atoms with van der Waals surface area (Å²) in [5.41, 5.74) is 0.340. The van der Waals surface area contributed by atoms with Gasteiger partial charge in [-0.3, -0.25) is 0 Å². The van der Waals surface area contributed by atoms with Gasteiger partial charge in [0.15, 0.2) is 0 Å². The Morgan fingerprint density at radius 2 is 1.87 bits per heavy atom. The van der Waals surface area contributed by atoms with Gasteiger partial charge in [0.25, 0.3) is 0 Å². The van der Waals surface area contributed by atoms with Crippen LogP contribution in [0.15, 0.2) is 23.8 Å². The van der Waals surface area contributed by atoms with E-state index in [4.69, 9.17) is 24.4 Å². The van der Waals surface area contributed by atoms with Gasteiger partial charge in [-0.15, -0.1) is 0 Å². The van der Waals surface area contributed by atoms with Crippen molar-refractivity contribution in [3.63, 3.8) is 0 Å². The molecule has 0 heterocycles. The number of allylic oxidation sites excluding steroid dienone is 1. The zero-order valence-electron chi connectivity index (χ0n) is 13.7. The number of carboxylic acid groups (broad SMARTS) is 1. The lowest BCUT2D eigenvalue weighted by Gasteiger charge is -2.17. The minimum absolute atomic E-state index is 0.0346. The number of carboxylic acids is 1. The van der Waals surface area contributed by atoms with Crippen molar-refractivity contribution in [1.82, 2.24) is 0 Å². The molecule has 0 aromatic carbocycles. The number of rotatable bonds is 13. The van der Waals surface area contributed by atoms with Gasteiger partial charge in [-0.1, -0.05) is 19.6 Å². The molecule has 1 atom stereocenters. The summed E-state index contributed by atoms with van der Waals surface area (Å²) in [6.45, 7) is 8.08. The maximum absolute atomic E-state index is 11.9. The predicted molar refractivity (Wildman–Crippen MR) is 84.0 cm³/mol. The maximum atomic E-state index is 11.9. The average molecular weight is 330 g/mol. The Labute approximate surface area is 136 Å². The number of carbonyl (C=O) groups is 2. The monoisotopic (exact) mass is 330 g/mol. The normalized spacial score (nSPS) is 12.7. The van der Waals surface area contributed by atoms with Crippen molar-refractivity contribution >= 4 is 11.9 Å². The van der Waals surface area contributed by atoms with E-state index in [9.17, 15) is 9.59 Å². The van der Waals surface area contributed by atoms with Crippen molar-refractivity contribution in [2.24, 2.45) is 0 Å². The highest BCUT2D eigenvalue weighted by Crippen LogP contribution is 2.09. The molecule has 2 N–H and O–H groups in total. The lowest BCUT2D eigenvalue weighted by molar-refractivity contribution is -0.148. The predicted octanol–water partition coefficient (Wildman–Crippen LogP) is 1.31. The molecular weight excluding hydrogens is 304 g/mol. The number of ether oxygens (including phenoxy) is 3. The number of hydrogen-bond donors (Lipinski definition) is 2. The molecule has 23 heavy (non-hydrogen) atoms. The van der Waals surface area contributed by atoms with Crippen LogP contribution in [0.4, 0.5) is 0 Å². The second-order valence-corrected chi connectivity index (χ2v) is 4.85. The molecule has 0 fully saturated rings. The number of carbonyl (C=O) groups excluding carboxylic acids is 1. The summed E-state index contributed by atoms with van der Waals surface area (Å²) in [5.74, 6) is -1.60. The van der Waals surface area contributed by atoms with Gasteiger partial charge < -0.3 is 24.4 Å². The zero-order valence-corrected chi connectivity index (χ0v) is 13.7. The smallest absolute Gasteiger partial charge is 0.334 e. The molecule has 0 radical (unpaired) electrons. The van der Waals surface area contributed by atoms with Gasteiger partial charge in [-0.25, -0.2) is 9.59 Å². The number of aliphatic carboxylic acids is 1. The Kier molecular flexibility index (Phi) is 11.9. The van der Waals surface area contributed by atoms with Crippen molar-refractivity contribution in [2.75, 3.05) is 33.0 Å². The molecule has 7 nitrogen and oxygen atoms in total. The van der Waals surface area contributed by atoms with Gasteiger partial charge in [-0.05, 0) is 19.8 Å². The fraction of sp³-hybridized carbons (Fsp3) is 0.625. The summed E-state index contributed by atoms with van der Waals surface area (Å²) in [6, 6.07) is 0. The molecule has 0 aliphatic carbocycles. The minimum atomic E-state index is -1.03. The third kappa shape index (κ3) is 10.6. The highest BCUT2D eigenvalue weighted by atomic mass is 16.6. The van der Waals surface area contributed by atoms with Crippen LogP contribution in [0.1, 0.15) is 26.7 Å². The third-order valence-corrected chi connectivity index (χ3v) is 2.92. The van der Waals surface area contributed by atoms with Crippen LogP contribution < -0.4 is 0 Å².